The molecular weight excluding hydrogens is 212 g/mol. The Labute approximate surface area is 92.7 Å². The second-order valence-corrected chi connectivity index (χ2v) is 3.75. The topological polar surface area (TPSA) is 34.9 Å². The summed E-state index contributed by atoms with van der Waals surface area (Å²) in [6, 6.07) is 5.47. The molecule has 2 aromatic rings. The molecule has 4 heteroatoms. The molecule has 0 aliphatic carbocycles. The Kier molecular flexibility index (Phi) is 2.49. The summed E-state index contributed by atoms with van der Waals surface area (Å²) < 4.78 is 1.99. The molecule has 0 atom stereocenters. The first-order valence-corrected chi connectivity index (χ1v) is 5.19. The van der Waals surface area contributed by atoms with Crippen molar-refractivity contribution in [2.45, 2.75) is 6.92 Å². The van der Waals surface area contributed by atoms with Crippen LogP contribution >= 0.6 is 11.6 Å². The van der Waals surface area contributed by atoms with E-state index in [9.17, 15) is 4.79 Å². The first-order valence-electron chi connectivity index (χ1n) is 4.65. The number of halogens is 1. The predicted molar refractivity (Wildman–Crippen MR) is 60.5 cm³/mol. The molecule has 0 radical (unpaired) electrons. The standard InChI is InChI=1S/C11H11ClN2O/c1-7-13-9-5-8(11(15)6-12)3-4-10(9)14(7)2/h3-5H,6H2,1-2H3. The van der Waals surface area contributed by atoms with Crippen LogP contribution in [0, 0.1) is 6.92 Å². The summed E-state index contributed by atoms with van der Waals surface area (Å²) in [5, 5.41) is 0. The van der Waals surface area contributed by atoms with Crippen molar-refractivity contribution in [2.75, 3.05) is 5.88 Å². The molecule has 2 rings (SSSR count). The lowest BCUT2D eigenvalue weighted by atomic mass is 10.1. The van der Waals surface area contributed by atoms with Crippen LogP contribution in [0.1, 0.15) is 16.2 Å². The Morgan fingerprint density at radius 2 is 2.27 bits per heavy atom. The Hall–Kier alpha value is -1.35. The number of carbonyl (C=O) groups excluding carboxylic acids is 1. The van der Waals surface area contributed by atoms with E-state index in [2.05, 4.69) is 4.98 Å². The number of hydrogen-bond donors (Lipinski definition) is 0. The third-order valence-electron chi connectivity index (χ3n) is 2.55. The third-order valence-corrected chi connectivity index (χ3v) is 2.79. The predicted octanol–water partition coefficient (Wildman–Crippen LogP) is 2.30. The van der Waals surface area contributed by atoms with E-state index in [0.29, 0.717) is 5.56 Å². The maximum Gasteiger partial charge on any atom is 0.177 e. The first-order chi connectivity index (χ1) is 7.13. The number of aromatic nitrogens is 2. The summed E-state index contributed by atoms with van der Waals surface area (Å²) in [5.74, 6) is 0.875. The molecule has 0 saturated heterocycles. The number of rotatable bonds is 2. The molecular formula is C11H11ClN2O. The highest BCUT2D eigenvalue weighted by molar-refractivity contribution is 6.30. The Morgan fingerprint density at radius 1 is 1.53 bits per heavy atom. The van der Waals surface area contributed by atoms with Gasteiger partial charge in [-0.05, 0) is 25.1 Å². The molecule has 1 heterocycles. The molecule has 0 saturated carbocycles. The number of benzene rings is 1. The largest absolute Gasteiger partial charge is 0.331 e. The van der Waals surface area contributed by atoms with E-state index in [0.717, 1.165) is 16.9 Å². The zero-order valence-electron chi connectivity index (χ0n) is 8.62. The molecule has 0 spiro atoms. The molecule has 0 aliphatic heterocycles. The molecule has 0 aliphatic rings. The maximum atomic E-state index is 11.4. The number of Topliss-reactive ketones (excluding diaryl/α,β-unsaturated/α-hetero) is 1. The van der Waals surface area contributed by atoms with Crippen LogP contribution in [0.2, 0.25) is 0 Å². The van der Waals surface area contributed by atoms with Crippen molar-refractivity contribution < 1.29 is 4.79 Å². The summed E-state index contributed by atoms with van der Waals surface area (Å²) in [6.07, 6.45) is 0. The van der Waals surface area contributed by atoms with E-state index in [1.165, 1.54) is 0 Å². The number of alkyl halides is 1. The average Bonchev–Trinajstić information content (AvgIpc) is 2.53. The van der Waals surface area contributed by atoms with Gasteiger partial charge in [-0.15, -0.1) is 11.6 Å². The van der Waals surface area contributed by atoms with E-state index < -0.39 is 0 Å². The highest BCUT2D eigenvalue weighted by atomic mass is 35.5. The number of ketones is 1. The number of aryl methyl sites for hydroxylation is 2. The molecule has 1 aromatic heterocycles. The van der Waals surface area contributed by atoms with Crippen molar-refractivity contribution >= 4 is 28.4 Å². The van der Waals surface area contributed by atoms with Crippen molar-refractivity contribution in [3.8, 4) is 0 Å². The van der Waals surface area contributed by atoms with Gasteiger partial charge in [0.2, 0.25) is 0 Å². The van der Waals surface area contributed by atoms with Gasteiger partial charge in [-0.1, -0.05) is 0 Å². The lowest BCUT2D eigenvalue weighted by Gasteiger charge is -1.98. The molecule has 1 aromatic carbocycles. The summed E-state index contributed by atoms with van der Waals surface area (Å²) in [4.78, 5) is 15.7. The Bertz CT molecular complexity index is 531. The summed E-state index contributed by atoms with van der Waals surface area (Å²) in [6.45, 7) is 1.93. The van der Waals surface area contributed by atoms with Gasteiger partial charge in [0.15, 0.2) is 5.78 Å². The van der Waals surface area contributed by atoms with Crippen LogP contribution in [0.4, 0.5) is 0 Å². The molecule has 78 valence electrons. The zero-order valence-corrected chi connectivity index (χ0v) is 9.38. The summed E-state index contributed by atoms with van der Waals surface area (Å²) in [7, 11) is 1.95. The number of hydrogen-bond acceptors (Lipinski definition) is 2. The quantitative estimate of drug-likeness (QED) is 0.577. The highest BCUT2D eigenvalue weighted by Gasteiger charge is 2.08. The van der Waals surface area contributed by atoms with E-state index in [-0.39, 0.29) is 11.7 Å². The number of imidazole rings is 1. The lowest BCUT2D eigenvalue weighted by molar-refractivity contribution is 0.102. The molecule has 0 unspecified atom stereocenters. The SMILES string of the molecule is Cc1nc2cc(C(=O)CCl)ccc2n1C. The minimum absolute atomic E-state index is 0.0112. The fraction of sp³-hybridized carbons (Fsp3) is 0.273. The minimum Gasteiger partial charge on any atom is -0.331 e. The third kappa shape index (κ3) is 1.63. The van der Waals surface area contributed by atoms with Crippen molar-refractivity contribution in [1.29, 1.82) is 0 Å². The van der Waals surface area contributed by atoms with Crippen molar-refractivity contribution in [3.63, 3.8) is 0 Å². The Morgan fingerprint density at radius 3 is 2.93 bits per heavy atom. The molecule has 0 fully saturated rings. The van der Waals surface area contributed by atoms with Crippen LogP contribution in [0.25, 0.3) is 11.0 Å². The van der Waals surface area contributed by atoms with Gasteiger partial charge >= 0.3 is 0 Å². The van der Waals surface area contributed by atoms with Gasteiger partial charge in [-0.3, -0.25) is 4.79 Å². The highest BCUT2D eigenvalue weighted by Crippen LogP contribution is 2.16. The van der Waals surface area contributed by atoms with Crippen molar-refractivity contribution in [3.05, 3.63) is 29.6 Å². The lowest BCUT2D eigenvalue weighted by Crippen LogP contribution is -1.99. The molecule has 3 nitrogen and oxygen atoms in total. The molecule has 0 amide bonds. The zero-order chi connectivity index (χ0) is 11.0. The number of fused-ring (bicyclic) bond motifs is 1. The van der Waals surface area contributed by atoms with Gasteiger partial charge in [0.05, 0.1) is 16.9 Å². The normalized spacial score (nSPS) is 10.9. The fourth-order valence-electron chi connectivity index (χ4n) is 1.57. The van der Waals surface area contributed by atoms with Gasteiger partial charge < -0.3 is 4.57 Å². The first kappa shape index (κ1) is 10.2. The fourth-order valence-corrected chi connectivity index (χ4v) is 1.73. The number of nitrogens with zero attached hydrogens (tertiary/aromatic N) is 2. The maximum absolute atomic E-state index is 11.4. The van der Waals surface area contributed by atoms with Gasteiger partial charge in [-0.25, -0.2) is 4.98 Å². The summed E-state index contributed by atoms with van der Waals surface area (Å²) >= 11 is 5.50. The van der Waals surface area contributed by atoms with Crippen molar-refractivity contribution in [2.24, 2.45) is 7.05 Å². The van der Waals surface area contributed by atoms with Crippen molar-refractivity contribution in [1.82, 2.24) is 9.55 Å². The van der Waals surface area contributed by atoms with E-state index >= 15 is 0 Å². The van der Waals surface area contributed by atoms with Crippen LogP contribution in [0.3, 0.4) is 0 Å². The van der Waals surface area contributed by atoms with Gasteiger partial charge in [0.25, 0.3) is 0 Å². The molecule has 0 N–H and O–H groups in total. The van der Waals surface area contributed by atoms with Crippen LogP contribution < -0.4 is 0 Å². The Balaban J connectivity index is 2.62. The van der Waals surface area contributed by atoms with Crippen LogP contribution in [0.5, 0.6) is 0 Å². The monoisotopic (exact) mass is 222 g/mol. The molecule has 0 bridgehead atoms. The van der Waals surface area contributed by atoms with Crippen LogP contribution in [-0.2, 0) is 7.05 Å². The minimum atomic E-state index is -0.0677. The van der Waals surface area contributed by atoms with Crippen LogP contribution in [-0.4, -0.2) is 21.2 Å². The molecule has 15 heavy (non-hydrogen) atoms. The second-order valence-electron chi connectivity index (χ2n) is 3.48. The van der Waals surface area contributed by atoms with Gasteiger partial charge in [0, 0.05) is 12.6 Å². The van der Waals surface area contributed by atoms with Crippen LogP contribution in [0.15, 0.2) is 18.2 Å². The van der Waals surface area contributed by atoms with E-state index in [4.69, 9.17) is 11.6 Å². The number of carbonyl (C=O) groups is 1. The second kappa shape index (κ2) is 3.66. The van der Waals surface area contributed by atoms with E-state index in [1.54, 1.807) is 12.1 Å². The van der Waals surface area contributed by atoms with Gasteiger partial charge in [-0.2, -0.15) is 0 Å². The smallest absolute Gasteiger partial charge is 0.177 e. The summed E-state index contributed by atoms with van der Waals surface area (Å²) in [5.41, 5.74) is 2.49. The van der Waals surface area contributed by atoms with E-state index in [1.807, 2.05) is 24.6 Å². The van der Waals surface area contributed by atoms with Gasteiger partial charge in [0.1, 0.15) is 5.82 Å². The average molecular weight is 223 g/mol.